The molecule has 8 heteroatoms. The van der Waals surface area contributed by atoms with Crippen LogP contribution in [0.3, 0.4) is 0 Å². The first-order valence-electron chi connectivity index (χ1n) is 10.2. The Bertz CT molecular complexity index is 1040. The van der Waals surface area contributed by atoms with Gasteiger partial charge in [0.1, 0.15) is 11.5 Å². The summed E-state index contributed by atoms with van der Waals surface area (Å²) in [5.74, 6) is 0.430. The first-order valence-corrected chi connectivity index (χ1v) is 11.0. The van der Waals surface area contributed by atoms with Crippen LogP contribution in [-0.2, 0) is 11.2 Å². The summed E-state index contributed by atoms with van der Waals surface area (Å²) in [5, 5.41) is 8.52. The van der Waals surface area contributed by atoms with E-state index < -0.39 is 11.6 Å². The summed E-state index contributed by atoms with van der Waals surface area (Å²) in [7, 11) is 0. The van der Waals surface area contributed by atoms with Gasteiger partial charge in [0.05, 0.1) is 0 Å². The van der Waals surface area contributed by atoms with Crippen molar-refractivity contribution < 1.29 is 14.0 Å². The molecule has 0 radical (unpaired) electrons. The van der Waals surface area contributed by atoms with Gasteiger partial charge in [-0.1, -0.05) is 28.8 Å². The van der Waals surface area contributed by atoms with Gasteiger partial charge >= 0.3 is 0 Å². The molecule has 0 bridgehead atoms. The predicted octanol–water partition coefficient (Wildman–Crippen LogP) is 4.09. The number of aryl methyl sites for hydroxylation is 2. The third-order valence-corrected chi connectivity index (χ3v) is 5.32. The van der Waals surface area contributed by atoms with Crippen LogP contribution in [0.4, 0.5) is 0 Å². The van der Waals surface area contributed by atoms with E-state index in [9.17, 15) is 9.59 Å². The normalized spacial score (nSPS) is 12.4. The van der Waals surface area contributed by atoms with Crippen molar-refractivity contribution >= 4 is 23.3 Å². The second-order valence-corrected chi connectivity index (χ2v) is 9.17. The first kappa shape index (κ1) is 22.7. The second-order valence-electron chi connectivity index (χ2n) is 8.56. The molecular weight excluding hydrogens is 412 g/mol. The number of carbonyl (C=O) groups excluding carboxylic acids is 2. The van der Waals surface area contributed by atoms with Crippen LogP contribution in [0.1, 0.15) is 59.9 Å². The molecule has 2 heterocycles. The number of aromatic nitrogens is 2. The monoisotopic (exact) mass is 440 g/mol. The van der Waals surface area contributed by atoms with Gasteiger partial charge in [-0.2, -0.15) is 0 Å². The average Bonchev–Trinajstić information content (AvgIpc) is 3.36. The van der Waals surface area contributed by atoms with Crippen molar-refractivity contribution in [3.63, 3.8) is 0 Å². The summed E-state index contributed by atoms with van der Waals surface area (Å²) in [4.78, 5) is 28.3. The fraction of sp³-hybridized carbons (Fsp3) is 0.391. The van der Waals surface area contributed by atoms with E-state index in [1.165, 1.54) is 4.90 Å². The standard InChI is InChI=1S/C23H28N4O3S/c1-15-8-6-7-9-17(15)12-13-27(22(29)18-14-31-26-25-18)20(19-11-10-16(2)30-19)21(28)24-23(3,4)5/h6-11,14,20H,12-13H2,1-5H3,(H,24,28)/t20-/m1/s1. The number of furan rings is 1. The summed E-state index contributed by atoms with van der Waals surface area (Å²) in [6, 6.07) is 10.6. The highest BCUT2D eigenvalue weighted by atomic mass is 32.1. The number of amides is 2. The van der Waals surface area contributed by atoms with Gasteiger partial charge in [-0.3, -0.25) is 9.59 Å². The fourth-order valence-electron chi connectivity index (χ4n) is 3.35. The Balaban J connectivity index is 2.00. The molecule has 0 aliphatic carbocycles. The van der Waals surface area contributed by atoms with Crippen LogP contribution in [0, 0.1) is 13.8 Å². The summed E-state index contributed by atoms with van der Waals surface area (Å²) in [5.41, 5.74) is 1.99. The highest BCUT2D eigenvalue weighted by Crippen LogP contribution is 2.27. The minimum absolute atomic E-state index is 0.214. The van der Waals surface area contributed by atoms with Crippen LogP contribution >= 0.6 is 11.5 Å². The molecule has 2 aromatic heterocycles. The lowest BCUT2D eigenvalue weighted by molar-refractivity contribution is -0.128. The number of rotatable bonds is 7. The van der Waals surface area contributed by atoms with Crippen LogP contribution in [0.5, 0.6) is 0 Å². The maximum Gasteiger partial charge on any atom is 0.276 e. The molecule has 164 valence electrons. The van der Waals surface area contributed by atoms with Gasteiger partial charge in [0.15, 0.2) is 11.7 Å². The molecule has 0 unspecified atom stereocenters. The van der Waals surface area contributed by atoms with Crippen molar-refractivity contribution in [2.24, 2.45) is 0 Å². The van der Waals surface area contributed by atoms with E-state index in [0.717, 1.165) is 22.7 Å². The summed E-state index contributed by atoms with van der Waals surface area (Å²) >= 11 is 1.10. The third-order valence-electron chi connectivity index (χ3n) is 4.81. The minimum Gasteiger partial charge on any atom is -0.464 e. The molecule has 0 saturated heterocycles. The highest BCUT2D eigenvalue weighted by molar-refractivity contribution is 7.03. The molecule has 0 spiro atoms. The number of nitrogens with zero attached hydrogens (tertiary/aromatic N) is 3. The summed E-state index contributed by atoms with van der Waals surface area (Å²) in [6.45, 7) is 9.87. The molecule has 3 aromatic rings. The molecule has 31 heavy (non-hydrogen) atoms. The lowest BCUT2D eigenvalue weighted by Crippen LogP contribution is -2.49. The van der Waals surface area contributed by atoms with E-state index in [4.69, 9.17) is 4.42 Å². The van der Waals surface area contributed by atoms with Crippen molar-refractivity contribution in [3.8, 4) is 0 Å². The number of carbonyl (C=O) groups is 2. The zero-order valence-corrected chi connectivity index (χ0v) is 19.3. The van der Waals surface area contributed by atoms with Crippen molar-refractivity contribution in [2.75, 3.05) is 6.54 Å². The summed E-state index contributed by atoms with van der Waals surface area (Å²) < 4.78 is 9.64. The van der Waals surface area contributed by atoms with E-state index in [-0.39, 0.29) is 17.5 Å². The van der Waals surface area contributed by atoms with Gasteiger partial charge in [0.25, 0.3) is 11.8 Å². The lowest BCUT2D eigenvalue weighted by atomic mass is 10.0. The Labute approximate surface area is 186 Å². The third kappa shape index (κ3) is 5.79. The van der Waals surface area contributed by atoms with Gasteiger partial charge in [-0.15, -0.1) is 5.10 Å². The van der Waals surface area contributed by atoms with Crippen molar-refractivity contribution in [2.45, 2.75) is 52.6 Å². The Morgan fingerprint density at radius 3 is 2.48 bits per heavy atom. The smallest absolute Gasteiger partial charge is 0.276 e. The molecule has 0 aliphatic heterocycles. The Kier molecular flexibility index (Phi) is 6.90. The molecule has 1 N–H and O–H groups in total. The van der Waals surface area contributed by atoms with Crippen molar-refractivity contribution in [1.29, 1.82) is 0 Å². The van der Waals surface area contributed by atoms with E-state index in [1.807, 2.05) is 58.9 Å². The Hall–Kier alpha value is -3.00. The SMILES string of the molecule is Cc1ccc([C@H](C(=O)NC(C)(C)C)N(CCc2ccccc2C)C(=O)c2csnn2)o1. The minimum atomic E-state index is -0.925. The fourth-order valence-corrected chi connectivity index (χ4v) is 3.78. The van der Waals surface area contributed by atoms with Crippen LogP contribution < -0.4 is 5.32 Å². The van der Waals surface area contributed by atoms with E-state index >= 15 is 0 Å². The number of nitrogens with one attached hydrogen (secondary N) is 1. The van der Waals surface area contributed by atoms with Gasteiger partial charge in [-0.25, -0.2) is 0 Å². The van der Waals surface area contributed by atoms with Gasteiger partial charge in [0, 0.05) is 17.5 Å². The molecule has 1 aromatic carbocycles. The zero-order chi connectivity index (χ0) is 22.6. The van der Waals surface area contributed by atoms with Crippen LogP contribution in [0.15, 0.2) is 46.2 Å². The molecule has 2 amide bonds. The zero-order valence-electron chi connectivity index (χ0n) is 18.5. The second kappa shape index (κ2) is 9.43. The van der Waals surface area contributed by atoms with Crippen LogP contribution in [-0.4, -0.2) is 38.4 Å². The van der Waals surface area contributed by atoms with E-state index in [1.54, 1.807) is 17.5 Å². The van der Waals surface area contributed by atoms with E-state index in [2.05, 4.69) is 14.9 Å². The molecule has 1 atom stereocenters. The first-order chi connectivity index (χ1) is 14.7. The largest absolute Gasteiger partial charge is 0.464 e. The Morgan fingerprint density at radius 2 is 1.90 bits per heavy atom. The van der Waals surface area contributed by atoms with Crippen LogP contribution in [0.2, 0.25) is 0 Å². The maximum atomic E-state index is 13.4. The van der Waals surface area contributed by atoms with Gasteiger partial charge < -0.3 is 14.6 Å². The van der Waals surface area contributed by atoms with Gasteiger partial charge in [-0.05, 0) is 75.8 Å². The lowest BCUT2D eigenvalue weighted by Gasteiger charge is -2.32. The predicted molar refractivity (Wildman–Crippen MR) is 120 cm³/mol. The van der Waals surface area contributed by atoms with Crippen LogP contribution in [0.25, 0.3) is 0 Å². The maximum absolute atomic E-state index is 13.4. The molecule has 0 fully saturated rings. The molecule has 7 nitrogen and oxygen atoms in total. The highest BCUT2D eigenvalue weighted by Gasteiger charge is 2.36. The quantitative estimate of drug-likeness (QED) is 0.598. The van der Waals surface area contributed by atoms with Gasteiger partial charge in [0.2, 0.25) is 0 Å². The van der Waals surface area contributed by atoms with E-state index in [0.29, 0.717) is 24.5 Å². The van der Waals surface area contributed by atoms with Crippen molar-refractivity contribution in [3.05, 3.63) is 70.1 Å². The molecule has 0 saturated carbocycles. The molecular formula is C23H28N4O3S. The number of benzene rings is 1. The van der Waals surface area contributed by atoms with Crippen molar-refractivity contribution in [1.82, 2.24) is 19.8 Å². The topological polar surface area (TPSA) is 88.3 Å². The molecule has 3 rings (SSSR count). The number of hydrogen-bond donors (Lipinski definition) is 1. The Morgan fingerprint density at radius 1 is 1.16 bits per heavy atom. The molecule has 0 aliphatic rings. The number of hydrogen-bond acceptors (Lipinski definition) is 6. The summed E-state index contributed by atoms with van der Waals surface area (Å²) in [6.07, 6.45) is 0.592. The average molecular weight is 441 g/mol.